The molecule has 0 radical (unpaired) electrons. The molecule has 4 rings (SSSR count). The van der Waals surface area contributed by atoms with Crippen molar-refractivity contribution >= 4 is 23.6 Å². The van der Waals surface area contributed by atoms with Gasteiger partial charge in [0, 0.05) is 29.1 Å². The number of anilines is 1. The molecule has 0 spiro atoms. The number of aromatic nitrogens is 2. The Balaban J connectivity index is 1.41. The van der Waals surface area contributed by atoms with Gasteiger partial charge in [-0.15, -0.1) is 0 Å². The highest BCUT2D eigenvalue weighted by molar-refractivity contribution is 5.95. The molecule has 36 heavy (non-hydrogen) atoms. The van der Waals surface area contributed by atoms with Gasteiger partial charge >= 0.3 is 12.1 Å². The van der Waals surface area contributed by atoms with E-state index < -0.39 is 30.2 Å². The molecule has 1 aromatic heterocycles. The van der Waals surface area contributed by atoms with Crippen LogP contribution >= 0.6 is 0 Å². The normalized spacial score (nSPS) is 11.4. The van der Waals surface area contributed by atoms with E-state index in [-0.39, 0.29) is 5.69 Å². The SMILES string of the molecule is O=C(COC(=O)C=Cc1cn(-c2ccccc2)nc1-c1ccccc1)Nc1ccc(C(F)(F)F)cc1. The molecule has 0 aliphatic carbocycles. The van der Waals surface area contributed by atoms with Gasteiger partial charge in [-0.1, -0.05) is 48.5 Å². The number of rotatable bonds is 7. The van der Waals surface area contributed by atoms with Gasteiger partial charge in [0.25, 0.3) is 5.91 Å². The first-order chi connectivity index (χ1) is 17.3. The fourth-order valence-corrected chi connectivity index (χ4v) is 3.32. The number of ether oxygens (including phenoxy) is 1. The number of para-hydroxylation sites is 1. The summed E-state index contributed by atoms with van der Waals surface area (Å²) in [5.41, 5.74) is 2.34. The third-order valence-electron chi connectivity index (χ3n) is 5.05. The van der Waals surface area contributed by atoms with E-state index in [0.717, 1.165) is 35.5 Å². The van der Waals surface area contributed by atoms with Crippen LogP contribution < -0.4 is 5.32 Å². The van der Waals surface area contributed by atoms with Crippen LogP contribution in [-0.2, 0) is 20.5 Å². The number of amides is 1. The number of hydrogen-bond donors (Lipinski definition) is 1. The number of nitrogens with one attached hydrogen (secondary N) is 1. The topological polar surface area (TPSA) is 73.2 Å². The van der Waals surface area contributed by atoms with Crippen molar-refractivity contribution in [3.05, 3.63) is 108 Å². The molecule has 1 heterocycles. The fourth-order valence-electron chi connectivity index (χ4n) is 3.32. The summed E-state index contributed by atoms with van der Waals surface area (Å²) in [6, 6.07) is 22.9. The highest BCUT2D eigenvalue weighted by Crippen LogP contribution is 2.30. The second kappa shape index (κ2) is 10.7. The van der Waals surface area contributed by atoms with Crippen LogP contribution in [0.1, 0.15) is 11.1 Å². The molecule has 0 aliphatic rings. The van der Waals surface area contributed by atoms with Gasteiger partial charge in [0.05, 0.1) is 16.9 Å². The molecule has 0 saturated heterocycles. The Kier molecular flexibility index (Phi) is 7.29. The van der Waals surface area contributed by atoms with E-state index in [1.165, 1.54) is 6.08 Å². The van der Waals surface area contributed by atoms with Gasteiger partial charge in [0.2, 0.25) is 0 Å². The second-order valence-corrected chi connectivity index (χ2v) is 7.64. The number of alkyl halides is 3. The lowest BCUT2D eigenvalue weighted by Crippen LogP contribution is -2.20. The molecule has 0 bridgehead atoms. The van der Waals surface area contributed by atoms with Crippen LogP contribution in [-0.4, -0.2) is 28.3 Å². The van der Waals surface area contributed by atoms with Gasteiger partial charge in [-0.05, 0) is 42.5 Å². The molecule has 4 aromatic rings. The molecule has 0 fully saturated rings. The van der Waals surface area contributed by atoms with E-state index in [9.17, 15) is 22.8 Å². The summed E-state index contributed by atoms with van der Waals surface area (Å²) in [7, 11) is 0. The molecular weight excluding hydrogens is 471 g/mol. The number of nitrogens with zero attached hydrogens (tertiary/aromatic N) is 2. The summed E-state index contributed by atoms with van der Waals surface area (Å²) < 4.78 is 44.6. The Morgan fingerprint density at radius 2 is 1.56 bits per heavy atom. The quantitative estimate of drug-likeness (QED) is 0.264. The first-order valence-corrected chi connectivity index (χ1v) is 10.8. The van der Waals surface area contributed by atoms with Gasteiger partial charge in [-0.25, -0.2) is 9.48 Å². The van der Waals surface area contributed by atoms with Gasteiger partial charge < -0.3 is 10.1 Å². The zero-order valence-electron chi connectivity index (χ0n) is 18.8. The summed E-state index contributed by atoms with van der Waals surface area (Å²) >= 11 is 0. The van der Waals surface area contributed by atoms with Crippen LogP contribution in [0.2, 0.25) is 0 Å². The number of carbonyl (C=O) groups excluding carboxylic acids is 2. The second-order valence-electron chi connectivity index (χ2n) is 7.64. The van der Waals surface area contributed by atoms with Crippen LogP contribution in [0.15, 0.2) is 97.2 Å². The monoisotopic (exact) mass is 491 g/mol. The van der Waals surface area contributed by atoms with E-state index in [0.29, 0.717) is 11.3 Å². The standard InChI is InChI=1S/C27H20F3N3O3/c28-27(29,30)21-12-14-22(15-13-21)31-24(34)18-36-25(35)16-11-20-17-33(23-9-5-2-6-10-23)32-26(20)19-7-3-1-4-8-19/h1-17H,18H2,(H,31,34). The third kappa shape index (κ3) is 6.26. The maximum absolute atomic E-state index is 12.6. The van der Waals surface area contributed by atoms with Crippen LogP contribution in [0.4, 0.5) is 18.9 Å². The maximum Gasteiger partial charge on any atom is 0.416 e. The van der Waals surface area contributed by atoms with E-state index in [2.05, 4.69) is 10.4 Å². The predicted octanol–water partition coefficient (Wildman–Crippen LogP) is 5.75. The van der Waals surface area contributed by atoms with Crippen LogP contribution in [0.3, 0.4) is 0 Å². The molecule has 182 valence electrons. The summed E-state index contributed by atoms with van der Waals surface area (Å²) in [5, 5.41) is 7.03. The van der Waals surface area contributed by atoms with Crippen molar-refractivity contribution in [2.24, 2.45) is 0 Å². The zero-order chi connectivity index (χ0) is 25.5. The van der Waals surface area contributed by atoms with Crippen molar-refractivity contribution in [3.8, 4) is 16.9 Å². The third-order valence-corrected chi connectivity index (χ3v) is 5.05. The van der Waals surface area contributed by atoms with Crippen LogP contribution in [0.5, 0.6) is 0 Å². The lowest BCUT2D eigenvalue weighted by atomic mass is 10.1. The van der Waals surface area contributed by atoms with Crippen molar-refractivity contribution in [2.75, 3.05) is 11.9 Å². The molecule has 6 nitrogen and oxygen atoms in total. The summed E-state index contributed by atoms with van der Waals surface area (Å²) in [6.07, 6.45) is 0.0379. The number of esters is 1. The van der Waals surface area contributed by atoms with E-state index >= 15 is 0 Å². The van der Waals surface area contributed by atoms with E-state index in [1.807, 2.05) is 60.7 Å². The molecule has 1 amide bonds. The van der Waals surface area contributed by atoms with Crippen molar-refractivity contribution in [1.82, 2.24) is 9.78 Å². The highest BCUT2D eigenvalue weighted by atomic mass is 19.4. The average molecular weight is 491 g/mol. The lowest BCUT2D eigenvalue weighted by Gasteiger charge is -2.08. The number of carbonyl (C=O) groups is 2. The Bertz CT molecular complexity index is 1360. The first kappa shape index (κ1) is 24.5. The van der Waals surface area contributed by atoms with E-state index in [1.54, 1.807) is 17.0 Å². The Labute approximate surface area is 204 Å². The summed E-state index contributed by atoms with van der Waals surface area (Å²) in [5.74, 6) is -1.44. The minimum atomic E-state index is -4.47. The zero-order valence-corrected chi connectivity index (χ0v) is 18.8. The summed E-state index contributed by atoms with van der Waals surface area (Å²) in [6.45, 7) is -0.598. The average Bonchev–Trinajstić information content (AvgIpc) is 3.31. The van der Waals surface area contributed by atoms with Crippen LogP contribution in [0.25, 0.3) is 23.0 Å². The number of benzene rings is 3. The molecular formula is C27H20F3N3O3. The van der Waals surface area contributed by atoms with Crippen molar-refractivity contribution < 1.29 is 27.5 Å². The molecule has 1 N–H and O–H groups in total. The van der Waals surface area contributed by atoms with E-state index in [4.69, 9.17) is 4.74 Å². The van der Waals surface area contributed by atoms with Gasteiger partial charge in [0.15, 0.2) is 6.61 Å². The van der Waals surface area contributed by atoms with Crippen molar-refractivity contribution in [2.45, 2.75) is 6.18 Å². The largest absolute Gasteiger partial charge is 0.452 e. The van der Waals surface area contributed by atoms with Crippen molar-refractivity contribution in [1.29, 1.82) is 0 Å². The summed E-state index contributed by atoms with van der Waals surface area (Å²) in [4.78, 5) is 24.2. The molecule has 0 atom stereocenters. The number of halogens is 3. The Morgan fingerprint density at radius 3 is 2.19 bits per heavy atom. The minimum Gasteiger partial charge on any atom is -0.452 e. The minimum absolute atomic E-state index is 0.153. The first-order valence-electron chi connectivity index (χ1n) is 10.8. The lowest BCUT2D eigenvalue weighted by molar-refractivity contribution is -0.142. The van der Waals surface area contributed by atoms with Gasteiger partial charge in [-0.3, -0.25) is 4.79 Å². The molecule has 3 aromatic carbocycles. The number of hydrogen-bond acceptors (Lipinski definition) is 4. The van der Waals surface area contributed by atoms with Crippen molar-refractivity contribution in [3.63, 3.8) is 0 Å². The van der Waals surface area contributed by atoms with Gasteiger partial charge in [0.1, 0.15) is 0 Å². The molecule has 0 aliphatic heterocycles. The Hall–Kier alpha value is -4.66. The fraction of sp³-hybridized carbons (Fsp3) is 0.0741. The maximum atomic E-state index is 12.6. The molecule has 9 heteroatoms. The smallest absolute Gasteiger partial charge is 0.416 e. The molecule has 0 unspecified atom stereocenters. The highest BCUT2D eigenvalue weighted by Gasteiger charge is 2.30. The predicted molar refractivity (Wildman–Crippen MR) is 129 cm³/mol. The Morgan fingerprint density at radius 1 is 0.917 bits per heavy atom. The van der Waals surface area contributed by atoms with Crippen LogP contribution in [0, 0.1) is 0 Å². The molecule has 0 saturated carbocycles. The van der Waals surface area contributed by atoms with Gasteiger partial charge in [-0.2, -0.15) is 18.3 Å².